The van der Waals surface area contributed by atoms with Crippen LogP contribution in [0.4, 0.5) is 0 Å². The van der Waals surface area contributed by atoms with Crippen LogP contribution in [0, 0.1) is 0 Å². The third-order valence-electron chi connectivity index (χ3n) is 3.02. The van der Waals surface area contributed by atoms with Gasteiger partial charge in [0, 0.05) is 11.8 Å². The standard InChI is InChI=1S/C15H11NO4/c1-19-15(18)10-4-2-3-9(7-10)13-8-11-12(20-13)5-6-16-14(11)17/h2-8H,1H3,(H,16,17). The van der Waals surface area contributed by atoms with Gasteiger partial charge in [-0.3, -0.25) is 4.79 Å². The minimum atomic E-state index is -0.416. The summed E-state index contributed by atoms with van der Waals surface area (Å²) >= 11 is 0. The van der Waals surface area contributed by atoms with Crippen molar-refractivity contribution in [3.8, 4) is 11.3 Å². The Labute approximate surface area is 113 Å². The van der Waals surface area contributed by atoms with Crippen molar-refractivity contribution in [1.29, 1.82) is 0 Å². The van der Waals surface area contributed by atoms with Gasteiger partial charge in [0.25, 0.3) is 5.56 Å². The minimum absolute atomic E-state index is 0.207. The van der Waals surface area contributed by atoms with Crippen LogP contribution in [0.3, 0.4) is 0 Å². The molecule has 3 aromatic rings. The van der Waals surface area contributed by atoms with Gasteiger partial charge in [0.2, 0.25) is 0 Å². The highest BCUT2D eigenvalue weighted by atomic mass is 16.5. The molecule has 0 fully saturated rings. The molecule has 5 heteroatoms. The third kappa shape index (κ3) is 1.99. The second kappa shape index (κ2) is 4.70. The Bertz CT molecular complexity index is 844. The van der Waals surface area contributed by atoms with Gasteiger partial charge in [-0.25, -0.2) is 4.79 Å². The average molecular weight is 269 g/mol. The zero-order valence-corrected chi connectivity index (χ0v) is 10.7. The Morgan fingerprint density at radius 2 is 2.10 bits per heavy atom. The summed E-state index contributed by atoms with van der Waals surface area (Å²) in [6.07, 6.45) is 1.53. The van der Waals surface area contributed by atoms with E-state index in [9.17, 15) is 9.59 Å². The lowest BCUT2D eigenvalue weighted by Crippen LogP contribution is -2.02. The highest BCUT2D eigenvalue weighted by Gasteiger charge is 2.11. The van der Waals surface area contributed by atoms with Gasteiger partial charge in [0.15, 0.2) is 0 Å². The molecule has 0 unspecified atom stereocenters. The molecule has 0 bridgehead atoms. The molecule has 2 heterocycles. The predicted molar refractivity (Wildman–Crippen MR) is 73.6 cm³/mol. The quantitative estimate of drug-likeness (QED) is 0.726. The first-order chi connectivity index (χ1) is 9.69. The highest BCUT2D eigenvalue weighted by Crippen LogP contribution is 2.26. The summed E-state index contributed by atoms with van der Waals surface area (Å²) in [6.45, 7) is 0. The van der Waals surface area contributed by atoms with E-state index in [-0.39, 0.29) is 5.56 Å². The van der Waals surface area contributed by atoms with Gasteiger partial charge >= 0.3 is 5.97 Å². The molecule has 0 saturated heterocycles. The lowest BCUT2D eigenvalue weighted by molar-refractivity contribution is 0.0601. The Kier molecular flexibility index (Phi) is 2.87. The lowest BCUT2D eigenvalue weighted by atomic mass is 10.1. The molecule has 0 aliphatic rings. The van der Waals surface area contributed by atoms with Gasteiger partial charge in [-0.2, -0.15) is 0 Å². The number of carbonyl (C=O) groups is 1. The Morgan fingerprint density at radius 1 is 1.25 bits per heavy atom. The van der Waals surface area contributed by atoms with Crippen LogP contribution in [0.15, 0.2) is 51.8 Å². The van der Waals surface area contributed by atoms with Gasteiger partial charge in [0.1, 0.15) is 11.3 Å². The number of ether oxygens (including phenoxy) is 1. The number of aromatic nitrogens is 1. The van der Waals surface area contributed by atoms with Crippen molar-refractivity contribution in [3.63, 3.8) is 0 Å². The van der Waals surface area contributed by atoms with E-state index in [1.165, 1.54) is 13.3 Å². The molecule has 0 saturated carbocycles. The van der Waals surface area contributed by atoms with Crippen LogP contribution in [0.2, 0.25) is 0 Å². The van der Waals surface area contributed by atoms with Crippen LogP contribution in [0.1, 0.15) is 10.4 Å². The van der Waals surface area contributed by atoms with E-state index in [4.69, 9.17) is 4.42 Å². The molecule has 1 N–H and O–H groups in total. The number of hydrogen-bond donors (Lipinski definition) is 1. The van der Waals surface area contributed by atoms with Crippen LogP contribution in [-0.2, 0) is 4.74 Å². The molecule has 0 aliphatic heterocycles. The number of furan rings is 1. The highest BCUT2D eigenvalue weighted by molar-refractivity contribution is 5.91. The van der Waals surface area contributed by atoms with Crippen LogP contribution in [0.25, 0.3) is 22.3 Å². The Morgan fingerprint density at radius 3 is 2.85 bits per heavy atom. The number of rotatable bonds is 2. The van der Waals surface area contributed by atoms with E-state index in [0.29, 0.717) is 27.9 Å². The summed E-state index contributed by atoms with van der Waals surface area (Å²) in [5.74, 6) is 0.114. The Balaban J connectivity index is 2.13. The van der Waals surface area contributed by atoms with Crippen LogP contribution >= 0.6 is 0 Å². The van der Waals surface area contributed by atoms with E-state index in [1.807, 2.05) is 0 Å². The summed E-state index contributed by atoms with van der Waals surface area (Å²) in [5, 5.41) is 0.478. The van der Waals surface area contributed by atoms with Gasteiger partial charge in [-0.15, -0.1) is 0 Å². The van der Waals surface area contributed by atoms with E-state index in [0.717, 1.165) is 0 Å². The predicted octanol–water partition coefficient (Wildman–Crippen LogP) is 2.57. The van der Waals surface area contributed by atoms with Crippen molar-refractivity contribution in [1.82, 2.24) is 4.98 Å². The first kappa shape index (κ1) is 12.2. The zero-order valence-electron chi connectivity index (χ0n) is 10.7. The molecule has 0 aliphatic carbocycles. The van der Waals surface area contributed by atoms with Crippen molar-refractivity contribution >= 4 is 16.9 Å². The van der Waals surface area contributed by atoms with Gasteiger partial charge in [-0.05, 0) is 24.3 Å². The monoisotopic (exact) mass is 269 g/mol. The number of carbonyl (C=O) groups excluding carboxylic acids is 1. The molecular weight excluding hydrogens is 258 g/mol. The maximum Gasteiger partial charge on any atom is 0.337 e. The van der Waals surface area contributed by atoms with Crippen LogP contribution < -0.4 is 5.56 Å². The molecule has 1 aromatic carbocycles. The van der Waals surface area contributed by atoms with E-state index < -0.39 is 5.97 Å². The van der Waals surface area contributed by atoms with Crippen molar-refractivity contribution in [2.45, 2.75) is 0 Å². The average Bonchev–Trinajstić information content (AvgIpc) is 2.92. The number of aromatic amines is 1. The number of benzene rings is 1. The summed E-state index contributed by atoms with van der Waals surface area (Å²) in [4.78, 5) is 25.8. The van der Waals surface area contributed by atoms with Crippen molar-refractivity contribution in [3.05, 3.63) is 58.5 Å². The fraction of sp³-hybridized carbons (Fsp3) is 0.0667. The summed E-state index contributed by atoms with van der Waals surface area (Å²) < 4.78 is 10.3. The molecule has 0 radical (unpaired) electrons. The van der Waals surface area contributed by atoms with E-state index in [1.54, 1.807) is 36.4 Å². The van der Waals surface area contributed by atoms with Gasteiger partial charge < -0.3 is 14.1 Å². The molecule has 5 nitrogen and oxygen atoms in total. The smallest absolute Gasteiger partial charge is 0.337 e. The fourth-order valence-electron chi connectivity index (χ4n) is 2.04. The molecular formula is C15H11NO4. The summed E-state index contributed by atoms with van der Waals surface area (Å²) in [5.41, 5.74) is 1.44. The molecule has 0 spiro atoms. The second-order valence-corrected chi connectivity index (χ2v) is 4.27. The van der Waals surface area contributed by atoms with Crippen molar-refractivity contribution < 1.29 is 13.9 Å². The van der Waals surface area contributed by atoms with Gasteiger partial charge in [-0.1, -0.05) is 12.1 Å². The van der Waals surface area contributed by atoms with Crippen molar-refractivity contribution in [2.75, 3.05) is 7.11 Å². The molecule has 2 aromatic heterocycles. The summed E-state index contributed by atoms with van der Waals surface area (Å²) in [6, 6.07) is 10.2. The third-order valence-corrected chi connectivity index (χ3v) is 3.02. The SMILES string of the molecule is COC(=O)c1cccc(-c2cc3c(=O)[nH]ccc3o2)c1. The largest absolute Gasteiger partial charge is 0.465 e. The maximum absolute atomic E-state index is 11.7. The van der Waals surface area contributed by atoms with Crippen LogP contribution in [0.5, 0.6) is 0 Å². The van der Waals surface area contributed by atoms with E-state index in [2.05, 4.69) is 9.72 Å². The number of pyridine rings is 1. The normalized spacial score (nSPS) is 10.7. The number of esters is 1. The van der Waals surface area contributed by atoms with Crippen molar-refractivity contribution in [2.24, 2.45) is 0 Å². The number of hydrogen-bond acceptors (Lipinski definition) is 4. The molecule has 20 heavy (non-hydrogen) atoms. The number of methoxy groups -OCH3 is 1. The molecule has 0 amide bonds. The second-order valence-electron chi connectivity index (χ2n) is 4.27. The number of H-pyrrole nitrogens is 1. The maximum atomic E-state index is 11.7. The minimum Gasteiger partial charge on any atom is -0.465 e. The lowest BCUT2D eigenvalue weighted by Gasteiger charge is -2.01. The Hall–Kier alpha value is -2.82. The topological polar surface area (TPSA) is 72.3 Å². The fourth-order valence-corrected chi connectivity index (χ4v) is 2.04. The number of nitrogens with one attached hydrogen (secondary N) is 1. The molecule has 0 atom stereocenters. The van der Waals surface area contributed by atoms with Gasteiger partial charge in [0.05, 0.1) is 18.1 Å². The first-order valence-electron chi connectivity index (χ1n) is 5.99. The van der Waals surface area contributed by atoms with E-state index >= 15 is 0 Å². The summed E-state index contributed by atoms with van der Waals surface area (Å²) in [7, 11) is 1.33. The molecule has 3 rings (SSSR count). The first-order valence-corrected chi connectivity index (χ1v) is 5.99. The zero-order chi connectivity index (χ0) is 14.1. The number of fused-ring (bicyclic) bond motifs is 1. The van der Waals surface area contributed by atoms with Crippen LogP contribution in [-0.4, -0.2) is 18.1 Å². The molecule has 100 valence electrons.